The number of rotatable bonds is 2. The van der Waals surface area contributed by atoms with Gasteiger partial charge in [-0.1, -0.05) is 6.92 Å². The second-order valence-corrected chi connectivity index (χ2v) is 3.11. The first-order valence-electron chi connectivity index (χ1n) is 4.32. The zero-order valence-corrected chi connectivity index (χ0v) is 8.78. The van der Waals surface area contributed by atoms with Gasteiger partial charge in [-0.15, -0.1) is 0 Å². The Balaban J connectivity index is 4.35. The van der Waals surface area contributed by atoms with Crippen molar-refractivity contribution in [2.75, 3.05) is 14.1 Å². The average molecular weight is 185 g/mol. The molecular formula is C8H19N5. The van der Waals surface area contributed by atoms with E-state index in [-0.39, 0.29) is 12.0 Å². The van der Waals surface area contributed by atoms with Crippen LogP contribution in [-0.4, -0.2) is 37.0 Å². The van der Waals surface area contributed by atoms with Gasteiger partial charge in [0.2, 0.25) is 5.96 Å². The van der Waals surface area contributed by atoms with Gasteiger partial charge < -0.3 is 16.4 Å². The van der Waals surface area contributed by atoms with Crippen molar-refractivity contribution < 1.29 is 0 Å². The highest BCUT2D eigenvalue weighted by Gasteiger charge is 1.98. The molecule has 0 aliphatic rings. The topological polar surface area (TPSA) is 80.0 Å². The molecule has 4 N–H and O–H groups in total. The summed E-state index contributed by atoms with van der Waals surface area (Å²) in [5.41, 5.74) is 11.1. The first kappa shape index (κ1) is 11.7. The van der Waals surface area contributed by atoms with E-state index in [0.717, 1.165) is 6.42 Å². The molecule has 13 heavy (non-hydrogen) atoms. The van der Waals surface area contributed by atoms with E-state index < -0.39 is 0 Å². The van der Waals surface area contributed by atoms with Crippen LogP contribution in [0.5, 0.6) is 0 Å². The average Bonchev–Trinajstić information content (AvgIpc) is 2.03. The Morgan fingerprint density at radius 1 is 1.38 bits per heavy atom. The second kappa shape index (κ2) is 5.40. The van der Waals surface area contributed by atoms with Gasteiger partial charge in [0.25, 0.3) is 0 Å². The van der Waals surface area contributed by atoms with Gasteiger partial charge in [-0.2, -0.15) is 4.99 Å². The number of hydrogen-bond acceptors (Lipinski definition) is 1. The predicted octanol–water partition coefficient (Wildman–Crippen LogP) is -0.0241. The number of guanidine groups is 2. The molecule has 0 saturated heterocycles. The fraction of sp³-hybridized carbons (Fsp3) is 0.750. The van der Waals surface area contributed by atoms with E-state index in [1.165, 1.54) is 0 Å². The van der Waals surface area contributed by atoms with Crippen LogP contribution in [0.3, 0.4) is 0 Å². The zero-order valence-electron chi connectivity index (χ0n) is 8.78. The van der Waals surface area contributed by atoms with Crippen molar-refractivity contribution in [1.29, 1.82) is 0 Å². The second-order valence-electron chi connectivity index (χ2n) is 3.11. The lowest BCUT2D eigenvalue weighted by Crippen LogP contribution is -2.32. The van der Waals surface area contributed by atoms with Gasteiger partial charge in [0.05, 0.1) is 6.04 Å². The van der Waals surface area contributed by atoms with Gasteiger partial charge in [-0.25, -0.2) is 4.99 Å². The number of nitrogens with two attached hydrogens (primary N) is 2. The minimum atomic E-state index is 0.193. The SMILES string of the molecule is CCC(C)N=C(N)N=C(N)N(C)C. The molecule has 0 aliphatic carbocycles. The molecule has 0 rings (SSSR count). The van der Waals surface area contributed by atoms with Crippen molar-refractivity contribution in [2.24, 2.45) is 21.5 Å². The molecule has 0 heterocycles. The third kappa shape index (κ3) is 5.05. The highest BCUT2D eigenvalue weighted by molar-refractivity contribution is 5.93. The van der Waals surface area contributed by atoms with Crippen LogP contribution < -0.4 is 11.5 Å². The summed E-state index contributed by atoms with van der Waals surface area (Å²) in [6.07, 6.45) is 0.943. The van der Waals surface area contributed by atoms with Crippen LogP contribution in [0.25, 0.3) is 0 Å². The minimum absolute atomic E-state index is 0.193. The molecule has 0 aliphatic heterocycles. The Hall–Kier alpha value is -1.26. The summed E-state index contributed by atoms with van der Waals surface area (Å²) >= 11 is 0. The van der Waals surface area contributed by atoms with Crippen molar-refractivity contribution in [3.63, 3.8) is 0 Å². The molecule has 1 atom stereocenters. The molecule has 5 nitrogen and oxygen atoms in total. The Morgan fingerprint density at radius 2 is 1.92 bits per heavy atom. The number of aliphatic imine (C=N–C) groups is 2. The summed E-state index contributed by atoms with van der Waals surface area (Å²) in [4.78, 5) is 9.71. The van der Waals surface area contributed by atoms with E-state index in [2.05, 4.69) is 9.98 Å². The molecule has 0 aromatic rings. The summed E-state index contributed by atoms with van der Waals surface area (Å²) in [6.45, 7) is 4.02. The molecule has 0 aromatic heterocycles. The first-order chi connectivity index (χ1) is 5.97. The highest BCUT2D eigenvalue weighted by Crippen LogP contribution is 1.94. The zero-order chi connectivity index (χ0) is 10.4. The van der Waals surface area contributed by atoms with E-state index in [1.54, 1.807) is 19.0 Å². The smallest absolute Gasteiger partial charge is 0.218 e. The maximum atomic E-state index is 5.55. The molecule has 1 unspecified atom stereocenters. The monoisotopic (exact) mass is 185 g/mol. The largest absolute Gasteiger partial charge is 0.369 e. The molecule has 5 heteroatoms. The van der Waals surface area contributed by atoms with Crippen LogP contribution in [0.15, 0.2) is 9.98 Å². The van der Waals surface area contributed by atoms with Gasteiger partial charge in [0.1, 0.15) is 0 Å². The molecule has 0 radical (unpaired) electrons. The molecular weight excluding hydrogens is 166 g/mol. The van der Waals surface area contributed by atoms with Crippen molar-refractivity contribution >= 4 is 11.9 Å². The maximum Gasteiger partial charge on any atom is 0.218 e. The van der Waals surface area contributed by atoms with Crippen molar-refractivity contribution in [2.45, 2.75) is 26.3 Å². The molecule has 0 spiro atoms. The van der Waals surface area contributed by atoms with Gasteiger partial charge in [0.15, 0.2) is 5.96 Å². The maximum absolute atomic E-state index is 5.55. The Morgan fingerprint density at radius 3 is 2.31 bits per heavy atom. The standard InChI is InChI=1S/C8H19N5/c1-5-6(2)11-7(9)12-8(10)13(3)4/h6H,5H2,1-4H3,(H4,9,10,11,12). The quantitative estimate of drug-likeness (QED) is 0.468. The van der Waals surface area contributed by atoms with Crippen LogP contribution in [0.4, 0.5) is 0 Å². The van der Waals surface area contributed by atoms with Gasteiger partial charge in [-0.3, -0.25) is 0 Å². The van der Waals surface area contributed by atoms with Crippen molar-refractivity contribution in [3.8, 4) is 0 Å². The molecule has 76 valence electrons. The summed E-state index contributed by atoms with van der Waals surface area (Å²) in [5.74, 6) is 0.602. The Kier molecular flexibility index (Phi) is 4.87. The normalized spacial score (nSPS) is 15.7. The van der Waals surface area contributed by atoms with Crippen LogP contribution in [0, 0.1) is 0 Å². The number of hydrogen-bond donors (Lipinski definition) is 2. The van der Waals surface area contributed by atoms with Crippen molar-refractivity contribution in [1.82, 2.24) is 4.90 Å². The number of nitrogens with zero attached hydrogens (tertiary/aromatic N) is 3. The molecule has 0 bridgehead atoms. The van der Waals surface area contributed by atoms with Gasteiger partial charge in [-0.05, 0) is 13.3 Å². The third-order valence-electron chi connectivity index (χ3n) is 1.63. The van der Waals surface area contributed by atoms with E-state index in [4.69, 9.17) is 11.5 Å². The van der Waals surface area contributed by atoms with E-state index in [0.29, 0.717) is 5.96 Å². The molecule has 0 aromatic carbocycles. The predicted molar refractivity (Wildman–Crippen MR) is 56.7 cm³/mol. The lowest BCUT2D eigenvalue weighted by atomic mass is 10.3. The molecule has 0 fully saturated rings. The van der Waals surface area contributed by atoms with Gasteiger partial charge in [0, 0.05) is 14.1 Å². The Labute approximate surface area is 79.5 Å². The van der Waals surface area contributed by atoms with Crippen LogP contribution in [-0.2, 0) is 0 Å². The van der Waals surface area contributed by atoms with Crippen LogP contribution in [0.2, 0.25) is 0 Å². The van der Waals surface area contributed by atoms with Crippen LogP contribution in [0.1, 0.15) is 20.3 Å². The van der Waals surface area contributed by atoms with Gasteiger partial charge >= 0.3 is 0 Å². The first-order valence-corrected chi connectivity index (χ1v) is 4.32. The van der Waals surface area contributed by atoms with E-state index in [1.807, 2.05) is 13.8 Å². The van der Waals surface area contributed by atoms with Crippen LogP contribution >= 0.6 is 0 Å². The highest BCUT2D eigenvalue weighted by atomic mass is 15.2. The minimum Gasteiger partial charge on any atom is -0.369 e. The third-order valence-corrected chi connectivity index (χ3v) is 1.63. The fourth-order valence-corrected chi connectivity index (χ4v) is 0.563. The molecule has 0 saturated carbocycles. The molecule has 0 amide bonds. The lowest BCUT2D eigenvalue weighted by molar-refractivity contribution is 0.615. The van der Waals surface area contributed by atoms with Crippen molar-refractivity contribution in [3.05, 3.63) is 0 Å². The fourth-order valence-electron chi connectivity index (χ4n) is 0.563. The van der Waals surface area contributed by atoms with E-state index in [9.17, 15) is 0 Å². The lowest BCUT2D eigenvalue weighted by Gasteiger charge is -2.10. The summed E-state index contributed by atoms with van der Waals surface area (Å²) in [6, 6.07) is 0.193. The summed E-state index contributed by atoms with van der Waals surface area (Å²) in [7, 11) is 3.60. The summed E-state index contributed by atoms with van der Waals surface area (Å²) in [5, 5.41) is 0. The Bertz CT molecular complexity index is 207. The van der Waals surface area contributed by atoms with E-state index >= 15 is 0 Å². The summed E-state index contributed by atoms with van der Waals surface area (Å²) < 4.78 is 0.